The maximum Gasteiger partial charge on any atom is 0.402 e. The number of hydrogen-bond donors (Lipinski definition) is 0. The van der Waals surface area contributed by atoms with Crippen LogP contribution >= 0.6 is 11.6 Å². The van der Waals surface area contributed by atoms with Gasteiger partial charge in [-0.2, -0.15) is 13.2 Å². The standard InChI is InChI=1S/C17H13ClF4O3S/c1-3-10-5-4-6-11(9-10)16(2,17(20,21)22)14-13(26(23,24)25)8-7-12(18)15(14)19/h3-9H,1H2,2H3,(H,23,24,25)/p-1. The zero-order valence-electron chi connectivity index (χ0n) is 13.3. The predicted molar refractivity (Wildman–Crippen MR) is 88.4 cm³/mol. The van der Waals surface area contributed by atoms with Crippen LogP contribution in [0.5, 0.6) is 0 Å². The number of alkyl halides is 3. The second-order valence-electron chi connectivity index (χ2n) is 5.64. The summed E-state index contributed by atoms with van der Waals surface area (Å²) >= 11 is 5.58. The molecule has 0 N–H and O–H groups in total. The molecule has 1 atom stereocenters. The SMILES string of the molecule is C=Cc1cccc(C(C)(c2c(S(=O)(=O)[O-])ccc(Cl)c2F)C(F)(F)F)c1. The largest absolute Gasteiger partial charge is 0.744 e. The van der Waals surface area contributed by atoms with E-state index in [0.29, 0.717) is 18.6 Å². The molecule has 0 fully saturated rings. The van der Waals surface area contributed by atoms with E-state index in [1.165, 1.54) is 18.2 Å². The Balaban J connectivity index is 3.03. The first-order valence-corrected chi connectivity index (χ1v) is 8.86. The van der Waals surface area contributed by atoms with Gasteiger partial charge in [0, 0.05) is 5.56 Å². The minimum absolute atomic E-state index is 0.298. The van der Waals surface area contributed by atoms with E-state index in [1.807, 2.05) is 0 Å². The van der Waals surface area contributed by atoms with Crippen LogP contribution in [0, 0.1) is 5.82 Å². The van der Waals surface area contributed by atoms with Crippen molar-refractivity contribution in [1.29, 1.82) is 0 Å². The van der Waals surface area contributed by atoms with Crippen molar-refractivity contribution in [3.8, 4) is 0 Å². The lowest BCUT2D eigenvalue weighted by molar-refractivity contribution is -0.174. The fourth-order valence-corrected chi connectivity index (χ4v) is 3.57. The molecule has 1 unspecified atom stereocenters. The minimum Gasteiger partial charge on any atom is -0.744 e. The average Bonchev–Trinajstić information content (AvgIpc) is 2.54. The molecule has 2 aromatic rings. The van der Waals surface area contributed by atoms with E-state index < -0.39 is 48.6 Å². The van der Waals surface area contributed by atoms with E-state index in [9.17, 15) is 30.5 Å². The number of hydrogen-bond acceptors (Lipinski definition) is 3. The van der Waals surface area contributed by atoms with Crippen LogP contribution in [0.3, 0.4) is 0 Å². The molecule has 0 aromatic heterocycles. The molecule has 0 aliphatic heterocycles. The molecule has 140 valence electrons. The third-order valence-corrected chi connectivity index (χ3v) is 5.26. The van der Waals surface area contributed by atoms with Gasteiger partial charge in [0.15, 0.2) is 0 Å². The van der Waals surface area contributed by atoms with Crippen molar-refractivity contribution in [2.75, 3.05) is 0 Å². The van der Waals surface area contributed by atoms with Crippen molar-refractivity contribution in [3.05, 3.63) is 70.5 Å². The molecular weight excluding hydrogens is 396 g/mol. The van der Waals surface area contributed by atoms with Crippen LogP contribution in [0.25, 0.3) is 6.08 Å². The third-order valence-electron chi connectivity index (χ3n) is 4.09. The molecule has 0 heterocycles. The summed E-state index contributed by atoms with van der Waals surface area (Å²) in [4.78, 5) is -1.32. The lowest BCUT2D eigenvalue weighted by Gasteiger charge is -2.35. The Morgan fingerprint density at radius 2 is 1.81 bits per heavy atom. The molecule has 26 heavy (non-hydrogen) atoms. The first-order chi connectivity index (χ1) is 11.8. The fraction of sp³-hybridized carbons (Fsp3) is 0.176. The van der Waals surface area contributed by atoms with E-state index in [4.69, 9.17) is 11.6 Å². The lowest BCUT2D eigenvalue weighted by Crippen LogP contribution is -2.42. The van der Waals surface area contributed by atoms with Crippen LogP contribution < -0.4 is 0 Å². The smallest absolute Gasteiger partial charge is 0.402 e. The van der Waals surface area contributed by atoms with Gasteiger partial charge < -0.3 is 4.55 Å². The van der Waals surface area contributed by atoms with Crippen LogP contribution in [0.2, 0.25) is 5.02 Å². The molecule has 3 nitrogen and oxygen atoms in total. The van der Waals surface area contributed by atoms with Crippen molar-refractivity contribution >= 4 is 27.8 Å². The Bertz CT molecular complexity index is 970. The summed E-state index contributed by atoms with van der Waals surface area (Å²) in [5, 5.41) is -0.734. The zero-order chi connectivity index (χ0) is 19.9. The van der Waals surface area contributed by atoms with Gasteiger partial charge in [0.25, 0.3) is 0 Å². The highest BCUT2D eigenvalue weighted by Gasteiger charge is 2.56. The average molecular weight is 408 g/mol. The first-order valence-electron chi connectivity index (χ1n) is 7.08. The Morgan fingerprint density at radius 1 is 1.19 bits per heavy atom. The molecular formula is C17H12ClF4O3S-. The van der Waals surface area contributed by atoms with Crippen molar-refractivity contribution in [2.24, 2.45) is 0 Å². The van der Waals surface area contributed by atoms with Crippen LogP contribution in [0.1, 0.15) is 23.6 Å². The quantitative estimate of drug-likeness (QED) is 0.535. The van der Waals surface area contributed by atoms with Gasteiger partial charge >= 0.3 is 6.18 Å². The third kappa shape index (κ3) is 3.36. The van der Waals surface area contributed by atoms with Crippen molar-refractivity contribution in [1.82, 2.24) is 0 Å². The van der Waals surface area contributed by atoms with Crippen molar-refractivity contribution < 1.29 is 30.5 Å². The van der Waals surface area contributed by atoms with Gasteiger partial charge in [0.2, 0.25) is 0 Å². The maximum atomic E-state index is 14.6. The van der Waals surface area contributed by atoms with Gasteiger partial charge in [-0.3, -0.25) is 0 Å². The number of rotatable bonds is 4. The van der Waals surface area contributed by atoms with Gasteiger partial charge in [0.1, 0.15) is 21.4 Å². The number of halogens is 5. The minimum atomic E-state index is -5.41. The zero-order valence-corrected chi connectivity index (χ0v) is 14.8. The molecule has 0 saturated carbocycles. The second kappa shape index (κ2) is 6.68. The highest BCUT2D eigenvalue weighted by molar-refractivity contribution is 7.85. The van der Waals surface area contributed by atoms with Crippen molar-refractivity contribution in [2.45, 2.75) is 23.4 Å². The van der Waals surface area contributed by atoms with Crippen LogP contribution in [0.15, 0.2) is 47.9 Å². The van der Waals surface area contributed by atoms with E-state index in [-0.39, 0.29) is 0 Å². The van der Waals surface area contributed by atoms with E-state index in [2.05, 4.69) is 6.58 Å². The monoisotopic (exact) mass is 407 g/mol. The molecule has 0 aliphatic carbocycles. The summed E-state index contributed by atoms with van der Waals surface area (Å²) in [7, 11) is -5.41. The van der Waals surface area contributed by atoms with E-state index in [0.717, 1.165) is 18.2 Å². The van der Waals surface area contributed by atoms with Gasteiger partial charge in [-0.25, -0.2) is 12.8 Å². The number of benzene rings is 2. The van der Waals surface area contributed by atoms with Crippen LogP contribution in [-0.2, 0) is 15.5 Å². The normalized spacial score (nSPS) is 14.7. The lowest BCUT2D eigenvalue weighted by atomic mass is 9.74. The van der Waals surface area contributed by atoms with Gasteiger partial charge in [0.05, 0.1) is 9.92 Å². The predicted octanol–water partition coefficient (Wildman–Crippen LogP) is 4.89. The molecule has 2 rings (SSSR count). The second-order valence-corrected chi connectivity index (χ2v) is 7.40. The summed E-state index contributed by atoms with van der Waals surface area (Å²) in [6.07, 6.45) is -3.86. The molecule has 0 amide bonds. The highest BCUT2D eigenvalue weighted by Crippen LogP contribution is 2.49. The van der Waals surface area contributed by atoms with E-state index in [1.54, 1.807) is 0 Å². The molecule has 0 spiro atoms. The Kier molecular flexibility index (Phi) is 5.24. The Hall–Kier alpha value is -1.90. The first kappa shape index (κ1) is 20.4. The molecule has 0 radical (unpaired) electrons. The molecule has 0 bridgehead atoms. The van der Waals surface area contributed by atoms with E-state index >= 15 is 0 Å². The fourth-order valence-electron chi connectivity index (χ4n) is 2.63. The molecule has 9 heteroatoms. The van der Waals surface area contributed by atoms with Gasteiger partial charge in [-0.1, -0.05) is 48.5 Å². The Labute approximate surface area is 152 Å². The van der Waals surface area contributed by atoms with Crippen LogP contribution in [0.4, 0.5) is 17.6 Å². The summed E-state index contributed by atoms with van der Waals surface area (Å²) < 4.78 is 91.3. The van der Waals surface area contributed by atoms with Crippen molar-refractivity contribution in [3.63, 3.8) is 0 Å². The molecule has 0 saturated heterocycles. The van der Waals surface area contributed by atoms with Crippen LogP contribution in [-0.4, -0.2) is 19.1 Å². The summed E-state index contributed by atoms with van der Waals surface area (Å²) in [5.74, 6) is -1.62. The molecule has 0 aliphatic rings. The summed E-state index contributed by atoms with van der Waals surface area (Å²) in [5.41, 5.74) is -4.65. The van der Waals surface area contributed by atoms with Gasteiger partial charge in [-0.05, 0) is 30.2 Å². The summed E-state index contributed by atoms with van der Waals surface area (Å²) in [6, 6.07) is 6.19. The highest BCUT2D eigenvalue weighted by atomic mass is 35.5. The molecule has 2 aromatic carbocycles. The van der Waals surface area contributed by atoms with Gasteiger partial charge in [-0.15, -0.1) is 0 Å². The maximum absolute atomic E-state index is 14.6. The topological polar surface area (TPSA) is 57.2 Å². The summed E-state index contributed by atoms with van der Waals surface area (Å²) in [6.45, 7) is 4.05. The Morgan fingerprint density at radius 3 is 2.31 bits per heavy atom.